The maximum absolute atomic E-state index is 11.7. The molecule has 5 nitrogen and oxygen atoms in total. The average Bonchev–Trinajstić information content (AvgIpc) is 2.36. The molecular weight excluding hydrogens is 266 g/mol. The number of aliphatic hydroxyl groups excluding tert-OH is 1. The van der Waals surface area contributed by atoms with Crippen molar-refractivity contribution >= 4 is 10.0 Å². The molecular formula is C13H21NO4S. The molecule has 1 aromatic rings. The number of aliphatic hydroxyl groups is 1. The van der Waals surface area contributed by atoms with Gasteiger partial charge in [0.25, 0.3) is 0 Å². The molecule has 0 aromatic heterocycles. The fraction of sp³-hybridized carbons (Fsp3) is 0.538. The van der Waals surface area contributed by atoms with E-state index in [0.29, 0.717) is 0 Å². The summed E-state index contributed by atoms with van der Waals surface area (Å²) in [7, 11) is -3.33. The zero-order valence-electron chi connectivity index (χ0n) is 11.3. The molecule has 0 saturated heterocycles. The van der Waals surface area contributed by atoms with Crippen molar-refractivity contribution in [1.82, 2.24) is 4.72 Å². The SMILES string of the molecule is CC(C)OCCS(=O)(=O)NCc1cccc(CO)c1. The Balaban J connectivity index is 2.45. The second-order valence-electron chi connectivity index (χ2n) is 4.54. The monoisotopic (exact) mass is 287 g/mol. The molecule has 0 heterocycles. The Hall–Kier alpha value is -0.950. The lowest BCUT2D eigenvalue weighted by Gasteiger charge is -2.09. The first-order chi connectivity index (χ1) is 8.93. The molecule has 19 heavy (non-hydrogen) atoms. The maximum Gasteiger partial charge on any atom is 0.214 e. The predicted octanol–water partition coefficient (Wildman–Crippen LogP) is 1.02. The molecule has 0 fully saturated rings. The van der Waals surface area contributed by atoms with Crippen LogP contribution >= 0.6 is 0 Å². The summed E-state index contributed by atoms with van der Waals surface area (Å²) in [6.07, 6.45) is 0.0245. The summed E-state index contributed by atoms with van der Waals surface area (Å²) in [6.45, 7) is 4.07. The maximum atomic E-state index is 11.7. The Morgan fingerprint density at radius 2 is 2.00 bits per heavy atom. The molecule has 0 unspecified atom stereocenters. The molecule has 0 saturated carbocycles. The molecule has 0 radical (unpaired) electrons. The third-order valence-electron chi connectivity index (χ3n) is 2.47. The minimum atomic E-state index is -3.33. The van der Waals surface area contributed by atoms with Gasteiger partial charge in [0.05, 0.1) is 25.1 Å². The first kappa shape index (κ1) is 16.1. The van der Waals surface area contributed by atoms with E-state index in [1.807, 2.05) is 19.9 Å². The van der Waals surface area contributed by atoms with E-state index < -0.39 is 10.0 Å². The second kappa shape index (κ2) is 7.59. The van der Waals surface area contributed by atoms with Gasteiger partial charge < -0.3 is 9.84 Å². The van der Waals surface area contributed by atoms with E-state index in [-0.39, 0.29) is 31.6 Å². The Bertz CT molecular complexity index is 485. The molecule has 1 rings (SSSR count). The van der Waals surface area contributed by atoms with Crippen LogP contribution in [0.5, 0.6) is 0 Å². The predicted molar refractivity (Wildman–Crippen MR) is 74.1 cm³/mol. The van der Waals surface area contributed by atoms with Crippen LogP contribution in [0.15, 0.2) is 24.3 Å². The second-order valence-corrected chi connectivity index (χ2v) is 6.46. The van der Waals surface area contributed by atoms with Crippen LogP contribution in [-0.2, 0) is 27.9 Å². The molecule has 0 aliphatic carbocycles. The summed E-state index contributed by atoms with van der Waals surface area (Å²) in [5.41, 5.74) is 1.58. The largest absolute Gasteiger partial charge is 0.392 e. The van der Waals surface area contributed by atoms with Gasteiger partial charge in [-0.25, -0.2) is 13.1 Å². The molecule has 1 aromatic carbocycles. The number of nitrogens with one attached hydrogen (secondary N) is 1. The zero-order valence-corrected chi connectivity index (χ0v) is 12.1. The van der Waals surface area contributed by atoms with E-state index in [2.05, 4.69) is 4.72 Å². The highest BCUT2D eigenvalue weighted by Crippen LogP contribution is 2.05. The van der Waals surface area contributed by atoms with Gasteiger partial charge in [-0.3, -0.25) is 0 Å². The summed E-state index contributed by atoms with van der Waals surface area (Å²) >= 11 is 0. The summed E-state index contributed by atoms with van der Waals surface area (Å²) in [4.78, 5) is 0. The lowest BCUT2D eigenvalue weighted by Crippen LogP contribution is -2.28. The van der Waals surface area contributed by atoms with Crippen LogP contribution in [0.25, 0.3) is 0 Å². The highest BCUT2D eigenvalue weighted by Gasteiger charge is 2.10. The summed E-state index contributed by atoms with van der Waals surface area (Å²) in [6, 6.07) is 7.16. The van der Waals surface area contributed by atoms with E-state index in [4.69, 9.17) is 9.84 Å². The summed E-state index contributed by atoms with van der Waals surface area (Å²) in [5, 5.41) is 9.00. The molecule has 0 bridgehead atoms. The highest BCUT2D eigenvalue weighted by atomic mass is 32.2. The Morgan fingerprint density at radius 3 is 2.63 bits per heavy atom. The van der Waals surface area contributed by atoms with E-state index in [9.17, 15) is 8.42 Å². The van der Waals surface area contributed by atoms with Crippen LogP contribution in [0.1, 0.15) is 25.0 Å². The minimum Gasteiger partial charge on any atom is -0.392 e. The van der Waals surface area contributed by atoms with Gasteiger partial charge in [-0.05, 0) is 25.0 Å². The van der Waals surface area contributed by atoms with Crippen molar-refractivity contribution in [3.05, 3.63) is 35.4 Å². The molecule has 0 spiro atoms. The van der Waals surface area contributed by atoms with Crippen LogP contribution < -0.4 is 4.72 Å². The Morgan fingerprint density at radius 1 is 1.32 bits per heavy atom. The van der Waals surface area contributed by atoms with Gasteiger partial charge in [0.1, 0.15) is 0 Å². The van der Waals surface area contributed by atoms with Gasteiger partial charge >= 0.3 is 0 Å². The highest BCUT2D eigenvalue weighted by molar-refractivity contribution is 7.89. The van der Waals surface area contributed by atoms with Crippen LogP contribution in [0.4, 0.5) is 0 Å². The number of hydrogen-bond donors (Lipinski definition) is 2. The van der Waals surface area contributed by atoms with Gasteiger partial charge in [0.15, 0.2) is 0 Å². The van der Waals surface area contributed by atoms with Crippen LogP contribution in [0.3, 0.4) is 0 Å². The molecule has 6 heteroatoms. The normalized spacial score (nSPS) is 12.0. The van der Waals surface area contributed by atoms with Crippen LogP contribution in [0.2, 0.25) is 0 Å². The summed E-state index contributed by atoms with van der Waals surface area (Å²) < 4.78 is 31.1. The number of benzene rings is 1. The standard InChI is InChI=1S/C13H21NO4S/c1-11(2)18-6-7-19(16,17)14-9-12-4-3-5-13(8-12)10-15/h3-5,8,11,14-15H,6-7,9-10H2,1-2H3. The van der Waals surface area contributed by atoms with Crippen molar-refractivity contribution in [2.24, 2.45) is 0 Å². The van der Waals surface area contributed by atoms with Crippen molar-refractivity contribution in [2.45, 2.75) is 33.1 Å². The van der Waals surface area contributed by atoms with Crippen LogP contribution in [0, 0.1) is 0 Å². The van der Waals surface area contributed by atoms with Crippen molar-refractivity contribution in [3.8, 4) is 0 Å². The molecule has 0 atom stereocenters. The van der Waals surface area contributed by atoms with E-state index in [0.717, 1.165) is 11.1 Å². The topological polar surface area (TPSA) is 75.6 Å². The van der Waals surface area contributed by atoms with Gasteiger partial charge in [-0.1, -0.05) is 24.3 Å². The zero-order chi connectivity index (χ0) is 14.3. The first-order valence-electron chi connectivity index (χ1n) is 6.20. The van der Waals surface area contributed by atoms with E-state index >= 15 is 0 Å². The van der Waals surface area contributed by atoms with E-state index in [1.54, 1.807) is 18.2 Å². The number of hydrogen-bond acceptors (Lipinski definition) is 4. The molecule has 2 N–H and O–H groups in total. The minimum absolute atomic E-state index is 0.0245. The third kappa shape index (κ3) is 6.68. The number of rotatable bonds is 8. The van der Waals surface area contributed by atoms with Crippen molar-refractivity contribution < 1.29 is 18.3 Å². The first-order valence-corrected chi connectivity index (χ1v) is 7.86. The summed E-state index contributed by atoms with van der Waals surface area (Å²) in [5.74, 6) is -0.0507. The Kier molecular flexibility index (Phi) is 6.44. The average molecular weight is 287 g/mol. The van der Waals surface area contributed by atoms with Crippen molar-refractivity contribution in [1.29, 1.82) is 0 Å². The molecule has 0 aliphatic heterocycles. The molecule has 0 amide bonds. The number of sulfonamides is 1. The van der Waals surface area contributed by atoms with E-state index in [1.165, 1.54) is 0 Å². The van der Waals surface area contributed by atoms with Gasteiger partial charge in [-0.2, -0.15) is 0 Å². The van der Waals surface area contributed by atoms with Gasteiger partial charge in [-0.15, -0.1) is 0 Å². The lowest BCUT2D eigenvalue weighted by molar-refractivity contribution is 0.0911. The Labute approximate surface area is 114 Å². The lowest BCUT2D eigenvalue weighted by atomic mass is 10.1. The fourth-order valence-electron chi connectivity index (χ4n) is 1.50. The van der Waals surface area contributed by atoms with Gasteiger partial charge in [0.2, 0.25) is 10.0 Å². The van der Waals surface area contributed by atoms with Crippen LogP contribution in [-0.4, -0.2) is 32.0 Å². The third-order valence-corrected chi connectivity index (χ3v) is 3.76. The van der Waals surface area contributed by atoms with Gasteiger partial charge in [0, 0.05) is 6.54 Å². The molecule has 0 aliphatic rings. The fourth-order valence-corrected chi connectivity index (χ4v) is 2.34. The van der Waals surface area contributed by atoms with Crippen molar-refractivity contribution in [3.63, 3.8) is 0 Å². The van der Waals surface area contributed by atoms with Crippen molar-refractivity contribution in [2.75, 3.05) is 12.4 Å². The molecule has 108 valence electrons. The number of ether oxygens (including phenoxy) is 1. The smallest absolute Gasteiger partial charge is 0.214 e. The quantitative estimate of drug-likeness (QED) is 0.748.